The first kappa shape index (κ1) is 5.63. The largest absolute Gasteiger partial charge is 0.500 e. The maximum atomic E-state index is 4.91. The standard InChI is InChI=1S/C6H11NO/c1-2-8-6-5-7-3-4-7/h2H,1,3-6H2. The van der Waals surface area contributed by atoms with Gasteiger partial charge in [-0.15, -0.1) is 0 Å². The first-order valence-electron chi connectivity index (χ1n) is 2.88. The highest BCUT2D eigenvalue weighted by atomic mass is 16.5. The molecule has 0 spiro atoms. The van der Waals surface area contributed by atoms with Gasteiger partial charge in [0.05, 0.1) is 12.9 Å². The SMILES string of the molecule is C=COCCN1CC1. The molecule has 0 aromatic rings. The van der Waals surface area contributed by atoms with Crippen molar-refractivity contribution in [3.05, 3.63) is 12.8 Å². The van der Waals surface area contributed by atoms with Gasteiger partial charge >= 0.3 is 0 Å². The molecule has 1 saturated heterocycles. The summed E-state index contributed by atoms with van der Waals surface area (Å²) >= 11 is 0. The van der Waals surface area contributed by atoms with Gasteiger partial charge in [-0.25, -0.2) is 0 Å². The molecule has 2 nitrogen and oxygen atoms in total. The van der Waals surface area contributed by atoms with Crippen LogP contribution in [0.2, 0.25) is 0 Å². The third-order valence-corrected chi connectivity index (χ3v) is 1.18. The molecular weight excluding hydrogens is 102 g/mol. The van der Waals surface area contributed by atoms with Gasteiger partial charge in [-0.2, -0.15) is 0 Å². The molecule has 0 aromatic heterocycles. The summed E-state index contributed by atoms with van der Waals surface area (Å²) in [6, 6.07) is 0. The predicted molar refractivity (Wildman–Crippen MR) is 32.6 cm³/mol. The summed E-state index contributed by atoms with van der Waals surface area (Å²) in [6.45, 7) is 7.79. The third-order valence-electron chi connectivity index (χ3n) is 1.18. The highest BCUT2D eigenvalue weighted by Gasteiger charge is 2.15. The number of hydrogen-bond acceptors (Lipinski definition) is 2. The van der Waals surface area contributed by atoms with E-state index >= 15 is 0 Å². The van der Waals surface area contributed by atoms with E-state index in [1.807, 2.05) is 0 Å². The Morgan fingerprint density at radius 1 is 1.62 bits per heavy atom. The maximum Gasteiger partial charge on any atom is 0.0999 e. The molecule has 0 aromatic carbocycles. The van der Waals surface area contributed by atoms with Crippen LogP contribution in [0.4, 0.5) is 0 Å². The summed E-state index contributed by atoms with van der Waals surface area (Å²) in [4.78, 5) is 2.31. The topological polar surface area (TPSA) is 12.2 Å². The monoisotopic (exact) mass is 113 g/mol. The third kappa shape index (κ3) is 1.98. The second-order valence-corrected chi connectivity index (χ2v) is 1.88. The lowest BCUT2D eigenvalue weighted by molar-refractivity contribution is 0.233. The molecule has 0 unspecified atom stereocenters. The van der Waals surface area contributed by atoms with Gasteiger partial charge in [-0.05, 0) is 0 Å². The van der Waals surface area contributed by atoms with E-state index < -0.39 is 0 Å². The smallest absolute Gasteiger partial charge is 0.0999 e. The minimum atomic E-state index is 0.795. The molecule has 1 fully saturated rings. The predicted octanol–water partition coefficient (Wildman–Crippen LogP) is 0.462. The maximum absolute atomic E-state index is 4.91. The first-order valence-corrected chi connectivity index (χ1v) is 2.88. The van der Waals surface area contributed by atoms with E-state index in [9.17, 15) is 0 Å². The van der Waals surface area contributed by atoms with Crippen molar-refractivity contribution in [2.24, 2.45) is 0 Å². The van der Waals surface area contributed by atoms with Gasteiger partial charge in [0.2, 0.25) is 0 Å². The normalized spacial score (nSPS) is 18.0. The van der Waals surface area contributed by atoms with Crippen LogP contribution in [0.25, 0.3) is 0 Å². The van der Waals surface area contributed by atoms with Gasteiger partial charge in [0.15, 0.2) is 0 Å². The van der Waals surface area contributed by atoms with Crippen LogP contribution in [0.15, 0.2) is 12.8 Å². The lowest BCUT2D eigenvalue weighted by Gasteiger charge is -1.97. The lowest BCUT2D eigenvalue weighted by atomic mass is 10.7. The van der Waals surface area contributed by atoms with Crippen LogP contribution in [0.3, 0.4) is 0 Å². The van der Waals surface area contributed by atoms with Gasteiger partial charge in [-0.3, -0.25) is 4.90 Å². The second kappa shape index (κ2) is 2.72. The zero-order valence-corrected chi connectivity index (χ0v) is 4.97. The van der Waals surface area contributed by atoms with Gasteiger partial charge in [0.25, 0.3) is 0 Å². The van der Waals surface area contributed by atoms with Crippen LogP contribution in [0.5, 0.6) is 0 Å². The molecule has 1 heterocycles. The molecule has 1 aliphatic rings. The molecule has 0 amide bonds. The van der Waals surface area contributed by atoms with Crippen molar-refractivity contribution >= 4 is 0 Å². The Morgan fingerprint density at radius 3 is 2.88 bits per heavy atom. The summed E-state index contributed by atoms with van der Waals surface area (Å²) < 4.78 is 4.91. The van der Waals surface area contributed by atoms with Crippen molar-refractivity contribution in [3.63, 3.8) is 0 Å². The number of hydrogen-bond donors (Lipinski definition) is 0. The van der Waals surface area contributed by atoms with Crippen molar-refractivity contribution in [3.8, 4) is 0 Å². The summed E-state index contributed by atoms with van der Waals surface area (Å²) in [6.07, 6.45) is 1.49. The average molecular weight is 113 g/mol. The van der Waals surface area contributed by atoms with Crippen molar-refractivity contribution in [2.45, 2.75) is 0 Å². The molecule has 8 heavy (non-hydrogen) atoms. The van der Waals surface area contributed by atoms with Crippen molar-refractivity contribution < 1.29 is 4.74 Å². The summed E-state index contributed by atoms with van der Waals surface area (Å²) in [5.41, 5.74) is 0. The molecule has 0 N–H and O–H groups in total. The van der Waals surface area contributed by atoms with E-state index in [-0.39, 0.29) is 0 Å². The summed E-state index contributed by atoms with van der Waals surface area (Å²) in [7, 11) is 0. The molecular formula is C6H11NO. The fourth-order valence-corrected chi connectivity index (χ4v) is 0.559. The molecule has 2 heteroatoms. The molecule has 1 aliphatic heterocycles. The first-order chi connectivity index (χ1) is 3.93. The molecule has 46 valence electrons. The van der Waals surface area contributed by atoms with Crippen LogP contribution in [-0.2, 0) is 4.74 Å². The Kier molecular flexibility index (Phi) is 1.92. The Hall–Kier alpha value is -0.500. The van der Waals surface area contributed by atoms with E-state index in [0.717, 1.165) is 13.2 Å². The van der Waals surface area contributed by atoms with E-state index in [1.54, 1.807) is 0 Å². The Morgan fingerprint density at radius 2 is 2.38 bits per heavy atom. The Balaban J connectivity index is 1.80. The highest BCUT2D eigenvalue weighted by molar-refractivity contribution is 4.71. The second-order valence-electron chi connectivity index (χ2n) is 1.88. The van der Waals surface area contributed by atoms with Crippen LogP contribution >= 0.6 is 0 Å². The fraction of sp³-hybridized carbons (Fsp3) is 0.667. The minimum Gasteiger partial charge on any atom is -0.500 e. The van der Waals surface area contributed by atoms with Crippen LogP contribution in [0.1, 0.15) is 0 Å². The van der Waals surface area contributed by atoms with E-state index in [1.165, 1.54) is 19.4 Å². The number of nitrogens with zero attached hydrogens (tertiary/aromatic N) is 1. The zero-order valence-electron chi connectivity index (χ0n) is 4.97. The van der Waals surface area contributed by atoms with Crippen LogP contribution in [0, 0.1) is 0 Å². The quantitative estimate of drug-likeness (QED) is 0.298. The van der Waals surface area contributed by atoms with Crippen molar-refractivity contribution in [1.29, 1.82) is 0 Å². The lowest BCUT2D eigenvalue weighted by Crippen LogP contribution is -2.04. The Bertz CT molecular complexity index is 78.6. The summed E-state index contributed by atoms with van der Waals surface area (Å²) in [5.74, 6) is 0. The molecule has 0 atom stereocenters. The number of ether oxygens (including phenoxy) is 1. The molecule has 0 radical (unpaired) electrons. The van der Waals surface area contributed by atoms with Crippen molar-refractivity contribution in [1.82, 2.24) is 4.90 Å². The molecule has 0 saturated carbocycles. The van der Waals surface area contributed by atoms with Crippen molar-refractivity contribution in [2.75, 3.05) is 26.2 Å². The van der Waals surface area contributed by atoms with Gasteiger partial charge in [0.1, 0.15) is 0 Å². The number of rotatable bonds is 4. The fourth-order valence-electron chi connectivity index (χ4n) is 0.559. The van der Waals surface area contributed by atoms with Crippen LogP contribution in [-0.4, -0.2) is 31.1 Å². The van der Waals surface area contributed by atoms with Crippen LogP contribution < -0.4 is 0 Å². The molecule has 0 bridgehead atoms. The minimum absolute atomic E-state index is 0.795. The van der Waals surface area contributed by atoms with Gasteiger partial charge in [-0.1, -0.05) is 6.58 Å². The van der Waals surface area contributed by atoms with Gasteiger partial charge < -0.3 is 4.74 Å². The molecule has 0 aliphatic carbocycles. The Labute approximate surface area is 49.7 Å². The highest BCUT2D eigenvalue weighted by Crippen LogP contribution is 2.00. The molecule has 1 rings (SSSR count). The van der Waals surface area contributed by atoms with E-state index in [0.29, 0.717) is 0 Å². The summed E-state index contributed by atoms with van der Waals surface area (Å²) in [5, 5.41) is 0. The van der Waals surface area contributed by atoms with Gasteiger partial charge in [0, 0.05) is 19.6 Å². The average Bonchev–Trinajstić information content (AvgIpc) is 2.51. The van der Waals surface area contributed by atoms with E-state index in [4.69, 9.17) is 4.74 Å². The zero-order chi connectivity index (χ0) is 5.82. The van der Waals surface area contributed by atoms with E-state index in [2.05, 4.69) is 11.5 Å².